The van der Waals surface area contributed by atoms with Gasteiger partial charge in [-0.25, -0.2) is 0 Å². The van der Waals surface area contributed by atoms with Gasteiger partial charge in [-0.3, -0.25) is 0 Å². The van der Waals surface area contributed by atoms with Crippen molar-refractivity contribution in [3.63, 3.8) is 0 Å². The van der Waals surface area contributed by atoms with Gasteiger partial charge in [0.2, 0.25) is 0 Å². The van der Waals surface area contributed by atoms with Crippen molar-refractivity contribution in [2.75, 3.05) is 4.90 Å². The van der Waals surface area contributed by atoms with Crippen molar-refractivity contribution in [3.8, 4) is 27.9 Å². The SMILES string of the molecule is CC(C)(C)c1cc(N(c2ccccc2-c2ccccc2-c2ccccc2)c2ccc3ccc4c(-n5c6ccccc6c6ccccc65)ccc5ccc2c3c54)cc(C(C)(C)C)c1. The second kappa shape index (κ2) is 14.2. The van der Waals surface area contributed by atoms with Gasteiger partial charge < -0.3 is 9.47 Å². The van der Waals surface area contributed by atoms with Crippen LogP contribution >= 0.6 is 0 Å². The third-order valence-electron chi connectivity index (χ3n) is 13.0. The predicted molar refractivity (Wildman–Crippen MR) is 267 cm³/mol. The molecule has 300 valence electrons. The number of hydrogen-bond acceptors (Lipinski definition) is 1. The molecule has 11 aromatic rings. The maximum atomic E-state index is 2.56. The summed E-state index contributed by atoms with van der Waals surface area (Å²) >= 11 is 0. The van der Waals surface area contributed by atoms with Gasteiger partial charge in [-0.05, 0) is 103 Å². The number of hydrogen-bond donors (Lipinski definition) is 0. The molecule has 0 spiro atoms. The summed E-state index contributed by atoms with van der Waals surface area (Å²) < 4.78 is 2.47. The first-order valence-corrected chi connectivity index (χ1v) is 21.9. The van der Waals surface area contributed by atoms with Gasteiger partial charge in [-0.2, -0.15) is 0 Å². The standard InChI is InChI=1S/C60H50N2/c1-59(2,3)42-36-43(60(4,5)6)38-44(37-42)61(52-25-15-12-22-47(52)46-21-11-10-20-45(46)39-18-8-7-9-19-39)55-34-30-40-29-33-51-56(35-31-41-28-32-50(55)57(40)58(41)51)62-53-26-16-13-23-48(53)49-24-14-17-27-54(49)62/h7-38H,1-6H3. The van der Waals surface area contributed by atoms with Crippen LogP contribution in [0.25, 0.3) is 82.1 Å². The lowest BCUT2D eigenvalue weighted by Crippen LogP contribution is -2.19. The highest BCUT2D eigenvalue weighted by Crippen LogP contribution is 2.50. The Balaban J connectivity index is 1.23. The maximum absolute atomic E-state index is 2.56. The van der Waals surface area contributed by atoms with Gasteiger partial charge in [-0.15, -0.1) is 0 Å². The number of fused-ring (bicyclic) bond motifs is 3. The zero-order chi connectivity index (χ0) is 42.3. The van der Waals surface area contributed by atoms with Crippen LogP contribution in [0.2, 0.25) is 0 Å². The van der Waals surface area contributed by atoms with Crippen molar-refractivity contribution < 1.29 is 0 Å². The second-order valence-corrected chi connectivity index (χ2v) is 19.0. The Hall–Kier alpha value is -7.16. The van der Waals surface area contributed by atoms with Gasteiger partial charge in [-0.1, -0.05) is 193 Å². The molecule has 0 saturated heterocycles. The molecular weight excluding hydrogens is 749 g/mol. The zero-order valence-corrected chi connectivity index (χ0v) is 36.4. The van der Waals surface area contributed by atoms with Crippen LogP contribution < -0.4 is 4.90 Å². The van der Waals surface area contributed by atoms with Crippen LogP contribution in [-0.2, 0) is 10.8 Å². The second-order valence-electron chi connectivity index (χ2n) is 19.0. The van der Waals surface area contributed by atoms with Crippen molar-refractivity contribution in [3.05, 3.63) is 205 Å². The first-order valence-electron chi connectivity index (χ1n) is 21.9. The van der Waals surface area contributed by atoms with Crippen LogP contribution in [0.4, 0.5) is 17.1 Å². The Labute approximate surface area is 364 Å². The average molecular weight is 799 g/mol. The Kier molecular flexibility index (Phi) is 8.67. The summed E-state index contributed by atoms with van der Waals surface area (Å²) in [5.74, 6) is 0. The quantitative estimate of drug-likeness (QED) is 0.152. The molecule has 0 fully saturated rings. The van der Waals surface area contributed by atoms with E-state index in [-0.39, 0.29) is 10.8 Å². The Morgan fingerprint density at radius 1 is 0.371 bits per heavy atom. The van der Waals surface area contributed by atoms with Gasteiger partial charge in [0.25, 0.3) is 0 Å². The number of nitrogens with zero attached hydrogens (tertiary/aromatic N) is 2. The molecular formula is C60H50N2. The molecule has 0 saturated carbocycles. The molecule has 0 atom stereocenters. The molecule has 0 aliphatic heterocycles. The molecule has 2 heteroatoms. The van der Waals surface area contributed by atoms with Crippen molar-refractivity contribution in [1.29, 1.82) is 0 Å². The fraction of sp³-hybridized carbons (Fsp3) is 0.133. The average Bonchev–Trinajstić information content (AvgIpc) is 3.62. The molecule has 0 aliphatic rings. The Morgan fingerprint density at radius 3 is 1.52 bits per heavy atom. The molecule has 0 bridgehead atoms. The lowest BCUT2D eigenvalue weighted by molar-refractivity contribution is 0.569. The van der Waals surface area contributed by atoms with E-state index in [4.69, 9.17) is 0 Å². The van der Waals surface area contributed by atoms with Crippen LogP contribution in [0.5, 0.6) is 0 Å². The topological polar surface area (TPSA) is 8.17 Å². The largest absolute Gasteiger partial charge is 0.309 e. The Morgan fingerprint density at radius 2 is 0.871 bits per heavy atom. The number of para-hydroxylation sites is 3. The number of rotatable bonds is 6. The van der Waals surface area contributed by atoms with E-state index in [1.165, 1.54) is 93.2 Å². The monoisotopic (exact) mass is 798 g/mol. The van der Waals surface area contributed by atoms with E-state index in [2.05, 4.69) is 245 Å². The highest BCUT2D eigenvalue weighted by atomic mass is 15.1. The number of aromatic nitrogens is 1. The fourth-order valence-electron chi connectivity index (χ4n) is 9.84. The molecule has 2 nitrogen and oxygen atoms in total. The smallest absolute Gasteiger partial charge is 0.0541 e. The molecule has 10 aromatic carbocycles. The molecule has 0 amide bonds. The highest BCUT2D eigenvalue weighted by Gasteiger charge is 2.27. The van der Waals surface area contributed by atoms with E-state index in [0.29, 0.717) is 0 Å². The van der Waals surface area contributed by atoms with E-state index in [1.807, 2.05) is 0 Å². The van der Waals surface area contributed by atoms with Crippen molar-refractivity contribution in [2.24, 2.45) is 0 Å². The molecule has 0 aliphatic carbocycles. The summed E-state index contributed by atoms with van der Waals surface area (Å²) in [6.45, 7) is 14.0. The van der Waals surface area contributed by atoms with Crippen molar-refractivity contribution in [1.82, 2.24) is 4.57 Å². The number of anilines is 3. The van der Waals surface area contributed by atoms with E-state index in [0.717, 1.165) is 17.1 Å². The van der Waals surface area contributed by atoms with Gasteiger partial charge >= 0.3 is 0 Å². The van der Waals surface area contributed by atoms with E-state index >= 15 is 0 Å². The minimum Gasteiger partial charge on any atom is -0.309 e. The van der Waals surface area contributed by atoms with Crippen LogP contribution in [0.15, 0.2) is 194 Å². The van der Waals surface area contributed by atoms with Crippen LogP contribution in [0.1, 0.15) is 52.7 Å². The van der Waals surface area contributed by atoms with Crippen LogP contribution in [0, 0.1) is 0 Å². The minimum absolute atomic E-state index is 0.0625. The fourth-order valence-corrected chi connectivity index (χ4v) is 9.84. The van der Waals surface area contributed by atoms with E-state index < -0.39 is 0 Å². The first kappa shape index (κ1) is 37.8. The van der Waals surface area contributed by atoms with Crippen LogP contribution in [0.3, 0.4) is 0 Å². The van der Waals surface area contributed by atoms with E-state index in [1.54, 1.807) is 0 Å². The molecule has 0 radical (unpaired) electrons. The lowest BCUT2D eigenvalue weighted by atomic mass is 9.80. The third kappa shape index (κ3) is 6.08. The third-order valence-corrected chi connectivity index (χ3v) is 13.0. The highest BCUT2D eigenvalue weighted by molar-refractivity contribution is 6.27. The number of benzene rings is 10. The summed E-state index contributed by atoms with van der Waals surface area (Å²) in [6.07, 6.45) is 0. The zero-order valence-electron chi connectivity index (χ0n) is 36.4. The summed E-state index contributed by atoms with van der Waals surface area (Å²) in [5.41, 5.74) is 14.4. The summed E-state index contributed by atoms with van der Waals surface area (Å²) in [5, 5.41) is 10.1. The van der Waals surface area contributed by atoms with Gasteiger partial charge in [0.15, 0.2) is 0 Å². The maximum Gasteiger partial charge on any atom is 0.0541 e. The molecule has 1 aromatic heterocycles. The van der Waals surface area contributed by atoms with Gasteiger partial charge in [0.1, 0.15) is 0 Å². The lowest BCUT2D eigenvalue weighted by Gasteiger charge is -2.33. The van der Waals surface area contributed by atoms with Crippen LogP contribution in [-0.4, -0.2) is 4.57 Å². The Bertz CT molecular complexity index is 3400. The molecule has 0 unspecified atom stereocenters. The predicted octanol–water partition coefficient (Wildman–Crippen LogP) is 17.1. The molecule has 62 heavy (non-hydrogen) atoms. The summed E-state index contributed by atoms with van der Waals surface area (Å²) in [7, 11) is 0. The van der Waals surface area contributed by atoms with Crippen molar-refractivity contribution >= 4 is 71.2 Å². The minimum atomic E-state index is -0.0625. The molecule has 1 heterocycles. The molecule has 0 N–H and O–H groups in total. The summed E-state index contributed by atoms with van der Waals surface area (Å²) in [6, 6.07) is 72.3. The van der Waals surface area contributed by atoms with Crippen molar-refractivity contribution in [2.45, 2.75) is 52.4 Å². The van der Waals surface area contributed by atoms with Gasteiger partial charge in [0.05, 0.1) is 28.1 Å². The first-order chi connectivity index (χ1) is 30.0. The molecule has 11 rings (SSSR count). The normalized spacial score (nSPS) is 12.4. The summed E-state index contributed by atoms with van der Waals surface area (Å²) in [4.78, 5) is 2.56. The van der Waals surface area contributed by atoms with Gasteiger partial charge in [0, 0.05) is 32.8 Å². The van der Waals surface area contributed by atoms with E-state index in [9.17, 15) is 0 Å².